The van der Waals surface area contributed by atoms with E-state index in [1.807, 2.05) is 32.8 Å². The average molecular weight is 641 g/mol. The number of fused-ring (bicyclic) bond motifs is 1. The number of likely N-dealkylation sites (N-methyl/N-ethyl adjacent to an activating group) is 1. The number of amides is 1. The molecule has 1 amide bonds. The van der Waals surface area contributed by atoms with Gasteiger partial charge in [-0.1, -0.05) is 33.8 Å². The quantitative estimate of drug-likeness (QED) is 0.223. The molecule has 3 aliphatic heterocycles. The van der Waals surface area contributed by atoms with Crippen LogP contribution in [-0.4, -0.2) is 114 Å². The van der Waals surface area contributed by atoms with Crippen LogP contribution in [0.3, 0.4) is 0 Å². The molecule has 0 saturated carbocycles. The summed E-state index contributed by atoms with van der Waals surface area (Å²) in [5.41, 5.74) is -4.17. The molecule has 3 heterocycles. The SMILES string of the molecule is C=C[C@]1(O)[C@H](C)C[C@@](C)(OC)[C@H](OC2O[C@H](C)C[C@H](N(C)C)[C@H]2O)[C@@H](C)C(=O)[C@@H](C)C(=O)O[C@H](CC)[C@@]2(C)OC(=O)N[C@H]2[C@H]1C. The number of ether oxygens (including phenoxy) is 5. The Morgan fingerprint density at radius 2 is 1.76 bits per heavy atom. The second kappa shape index (κ2) is 13.9. The minimum Gasteiger partial charge on any atom is -0.458 e. The Morgan fingerprint density at radius 3 is 2.29 bits per heavy atom. The number of methoxy groups -OCH3 is 1. The maximum absolute atomic E-state index is 14.1. The van der Waals surface area contributed by atoms with E-state index in [0.29, 0.717) is 6.42 Å². The summed E-state index contributed by atoms with van der Waals surface area (Å²) in [6.45, 7) is 17.9. The van der Waals surface area contributed by atoms with E-state index in [9.17, 15) is 24.6 Å². The first-order valence-electron chi connectivity index (χ1n) is 16.1. The summed E-state index contributed by atoms with van der Waals surface area (Å²) in [6, 6.07) is -1.04. The summed E-state index contributed by atoms with van der Waals surface area (Å²) < 4.78 is 30.5. The van der Waals surface area contributed by atoms with Crippen molar-refractivity contribution in [2.45, 2.75) is 134 Å². The van der Waals surface area contributed by atoms with Crippen LogP contribution < -0.4 is 5.32 Å². The maximum Gasteiger partial charge on any atom is 0.408 e. The highest BCUT2D eigenvalue weighted by molar-refractivity contribution is 6.00. The summed E-state index contributed by atoms with van der Waals surface area (Å²) >= 11 is 0. The summed E-state index contributed by atoms with van der Waals surface area (Å²) in [5.74, 6) is -4.57. The number of Topliss-reactive ketones (excluding diaryl/α,β-unsaturated/α-hetero) is 1. The van der Waals surface area contributed by atoms with Gasteiger partial charge in [0.15, 0.2) is 17.7 Å². The number of nitrogens with one attached hydrogen (secondary N) is 1. The molecular formula is C33H56N2O10. The van der Waals surface area contributed by atoms with Crippen molar-refractivity contribution >= 4 is 17.8 Å². The van der Waals surface area contributed by atoms with Gasteiger partial charge in [0.2, 0.25) is 0 Å². The summed E-state index contributed by atoms with van der Waals surface area (Å²) in [7, 11) is 5.23. The Labute approximate surface area is 268 Å². The molecule has 45 heavy (non-hydrogen) atoms. The molecule has 3 rings (SSSR count). The van der Waals surface area contributed by atoms with Crippen molar-refractivity contribution in [1.82, 2.24) is 10.2 Å². The van der Waals surface area contributed by atoms with Gasteiger partial charge in [-0.05, 0) is 67.0 Å². The fourth-order valence-corrected chi connectivity index (χ4v) is 7.74. The van der Waals surface area contributed by atoms with Crippen molar-refractivity contribution in [3.05, 3.63) is 12.7 Å². The van der Waals surface area contributed by atoms with Crippen molar-refractivity contribution in [2.24, 2.45) is 23.7 Å². The molecule has 3 N–H and O–H groups in total. The van der Waals surface area contributed by atoms with Crippen LogP contribution in [0.1, 0.15) is 74.7 Å². The van der Waals surface area contributed by atoms with Crippen molar-refractivity contribution in [3.63, 3.8) is 0 Å². The van der Waals surface area contributed by atoms with Crippen molar-refractivity contribution in [2.75, 3.05) is 21.2 Å². The van der Waals surface area contributed by atoms with Gasteiger partial charge in [-0.25, -0.2) is 4.79 Å². The van der Waals surface area contributed by atoms with Crippen LogP contribution in [0.4, 0.5) is 4.79 Å². The van der Waals surface area contributed by atoms with E-state index in [0.717, 1.165) is 0 Å². The van der Waals surface area contributed by atoms with Crippen molar-refractivity contribution in [1.29, 1.82) is 0 Å². The molecule has 0 aromatic carbocycles. The van der Waals surface area contributed by atoms with Gasteiger partial charge in [-0.3, -0.25) is 9.59 Å². The number of carbonyl (C=O) groups is 3. The Kier molecular flexibility index (Phi) is 11.6. The van der Waals surface area contributed by atoms with Gasteiger partial charge >= 0.3 is 12.1 Å². The highest BCUT2D eigenvalue weighted by Gasteiger charge is 2.59. The smallest absolute Gasteiger partial charge is 0.408 e. The monoisotopic (exact) mass is 640 g/mol. The fraction of sp³-hybridized carbons (Fsp3) is 0.848. The predicted octanol–water partition coefficient (Wildman–Crippen LogP) is 2.83. The summed E-state index contributed by atoms with van der Waals surface area (Å²) in [5, 5.41) is 26.4. The Bertz CT molecular complexity index is 1100. The molecule has 0 aliphatic carbocycles. The number of aliphatic hydroxyl groups excluding tert-OH is 1. The average Bonchev–Trinajstić information content (AvgIpc) is 3.31. The number of carbonyl (C=O) groups excluding carboxylic acids is 3. The normalized spacial score (nSPS) is 46.9. The third-order valence-corrected chi connectivity index (χ3v) is 10.8. The van der Waals surface area contributed by atoms with Gasteiger partial charge in [-0.15, -0.1) is 6.58 Å². The van der Waals surface area contributed by atoms with Gasteiger partial charge in [0.25, 0.3) is 0 Å². The second-order valence-corrected chi connectivity index (χ2v) is 14.1. The zero-order chi connectivity index (χ0) is 34.2. The number of cyclic esters (lactones) is 1. The molecule has 258 valence electrons. The molecule has 3 aliphatic rings. The lowest BCUT2D eigenvalue weighted by Crippen LogP contribution is -2.62. The van der Waals surface area contributed by atoms with Crippen LogP contribution in [0, 0.1) is 23.7 Å². The first kappa shape index (κ1) is 37.4. The first-order valence-corrected chi connectivity index (χ1v) is 16.1. The van der Waals surface area contributed by atoms with Crippen molar-refractivity contribution in [3.8, 4) is 0 Å². The molecule has 1 unspecified atom stereocenters. The number of rotatable bonds is 6. The summed E-state index contributed by atoms with van der Waals surface area (Å²) in [4.78, 5) is 42.2. The van der Waals surface area contributed by atoms with Crippen LogP contribution in [-0.2, 0) is 33.3 Å². The second-order valence-electron chi connectivity index (χ2n) is 14.1. The zero-order valence-electron chi connectivity index (χ0n) is 28.9. The molecule has 3 saturated heterocycles. The Morgan fingerprint density at radius 1 is 1.13 bits per heavy atom. The lowest BCUT2D eigenvalue weighted by molar-refractivity contribution is -0.296. The molecule has 12 heteroatoms. The van der Waals surface area contributed by atoms with Gasteiger partial charge < -0.3 is 44.1 Å². The van der Waals surface area contributed by atoms with Crippen LogP contribution in [0.5, 0.6) is 0 Å². The predicted molar refractivity (Wildman–Crippen MR) is 166 cm³/mol. The third-order valence-electron chi connectivity index (χ3n) is 10.8. The van der Waals surface area contributed by atoms with Crippen LogP contribution >= 0.6 is 0 Å². The highest BCUT2D eigenvalue weighted by atomic mass is 16.7. The molecule has 0 bridgehead atoms. The summed E-state index contributed by atoms with van der Waals surface area (Å²) in [6.07, 6.45) is -2.52. The number of alkyl carbamates (subject to hydrolysis) is 1. The van der Waals surface area contributed by atoms with Crippen molar-refractivity contribution < 1.29 is 48.3 Å². The van der Waals surface area contributed by atoms with Crippen LogP contribution in [0.15, 0.2) is 12.7 Å². The molecule has 14 atom stereocenters. The topological polar surface area (TPSA) is 153 Å². The highest BCUT2D eigenvalue weighted by Crippen LogP contribution is 2.45. The molecule has 0 spiro atoms. The molecular weight excluding hydrogens is 584 g/mol. The van der Waals surface area contributed by atoms with Gasteiger partial charge in [-0.2, -0.15) is 0 Å². The standard InChI is InChI=1S/C33H56N2O10/c1-13-23-32(9)26(34-30(39)45-32)21(7)33(40,14-2)17(3)16-31(8,41-12)27(19(5)24(36)20(6)28(38)43-23)44-29-25(37)22(35(10)11)15-18(4)42-29/h14,17-23,25-27,29,37,40H,2,13,15-16H2,1,3-12H3,(H,34,39)/t17-,18-,19+,20-,21-,22+,23-,25-,26+,27-,29?,31-,32-,33+/m1/s1. The van der Waals surface area contributed by atoms with E-state index in [1.54, 1.807) is 34.6 Å². The van der Waals surface area contributed by atoms with Gasteiger partial charge in [0, 0.05) is 25.0 Å². The number of nitrogens with zero attached hydrogens (tertiary/aromatic N) is 1. The van der Waals surface area contributed by atoms with E-state index in [4.69, 9.17) is 23.7 Å². The fourth-order valence-electron chi connectivity index (χ4n) is 7.74. The van der Waals surface area contributed by atoms with E-state index in [2.05, 4.69) is 11.9 Å². The number of hydrogen-bond donors (Lipinski definition) is 3. The van der Waals surface area contributed by atoms with Gasteiger partial charge in [0.1, 0.15) is 18.1 Å². The van der Waals surface area contributed by atoms with E-state index in [-0.39, 0.29) is 25.0 Å². The minimum atomic E-state index is -1.59. The Hall–Kier alpha value is -2.09. The zero-order valence-corrected chi connectivity index (χ0v) is 28.9. The molecule has 0 aromatic heterocycles. The largest absolute Gasteiger partial charge is 0.458 e. The number of hydrogen-bond acceptors (Lipinski definition) is 11. The van der Waals surface area contributed by atoms with E-state index < -0.39 is 89.0 Å². The Balaban J connectivity index is 2.16. The van der Waals surface area contributed by atoms with Crippen LogP contribution in [0.2, 0.25) is 0 Å². The van der Waals surface area contributed by atoms with Gasteiger partial charge in [0.05, 0.1) is 29.5 Å². The van der Waals surface area contributed by atoms with E-state index >= 15 is 0 Å². The molecule has 0 radical (unpaired) electrons. The van der Waals surface area contributed by atoms with E-state index in [1.165, 1.54) is 20.1 Å². The molecule has 12 nitrogen and oxygen atoms in total. The lowest BCUT2D eigenvalue weighted by Gasteiger charge is -2.49. The maximum atomic E-state index is 14.1. The molecule has 0 aromatic rings. The number of aliphatic hydroxyl groups is 2. The first-order chi connectivity index (χ1) is 20.8. The molecule has 3 fully saturated rings. The lowest BCUT2D eigenvalue weighted by atomic mass is 9.66. The minimum absolute atomic E-state index is 0.169. The number of esters is 1. The third kappa shape index (κ3) is 6.96. The number of ketones is 1. The van der Waals surface area contributed by atoms with Crippen LogP contribution in [0.25, 0.3) is 0 Å².